The molecule has 2 unspecified atom stereocenters. The molecule has 0 saturated heterocycles. The number of nitrogens with one attached hydrogen (secondary N) is 2. The number of aliphatic hydroxyl groups excluding tert-OH is 1. The van der Waals surface area contributed by atoms with Gasteiger partial charge in [-0.1, -0.05) is 32.9 Å². The number of fused-ring (bicyclic) bond motifs is 1. The molecule has 12 nitrogen and oxygen atoms in total. The molecule has 3 N–H and O–H groups in total. The van der Waals surface area contributed by atoms with Gasteiger partial charge in [-0.15, -0.1) is 10.2 Å². The number of benzene rings is 1. The van der Waals surface area contributed by atoms with Gasteiger partial charge in [0.25, 0.3) is 0 Å². The molecular formula is C28H35N9O3. The topological polar surface area (TPSA) is 147 Å². The zero-order chi connectivity index (χ0) is 28.4. The normalized spacial score (nSPS) is 16.7. The highest BCUT2D eigenvalue weighted by Crippen LogP contribution is 2.31. The molecule has 1 aliphatic heterocycles. The van der Waals surface area contributed by atoms with Gasteiger partial charge in [-0.05, 0) is 36.6 Å². The van der Waals surface area contributed by atoms with Crippen molar-refractivity contribution in [3.8, 4) is 11.3 Å². The van der Waals surface area contributed by atoms with E-state index in [-0.39, 0.29) is 17.3 Å². The zero-order valence-electron chi connectivity index (χ0n) is 23.4. The fourth-order valence-corrected chi connectivity index (χ4v) is 4.74. The van der Waals surface area contributed by atoms with E-state index in [1.165, 1.54) is 0 Å². The predicted molar refractivity (Wildman–Crippen MR) is 149 cm³/mol. The van der Waals surface area contributed by atoms with Gasteiger partial charge in [0.1, 0.15) is 0 Å². The summed E-state index contributed by atoms with van der Waals surface area (Å²) in [5, 5.41) is 28.6. The number of carbonyl (C=O) groups excluding carboxylic acids is 1. The Labute approximate surface area is 232 Å². The van der Waals surface area contributed by atoms with Crippen LogP contribution in [0.1, 0.15) is 67.9 Å². The average molecular weight is 546 g/mol. The number of aliphatic hydroxyl groups is 1. The zero-order valence-corrected chi connectivity index (χ0v) is 23.4. The van der Waals surface area contributed by atoms with Crippen LogP contribution >= 0.6 is 0 Å². The van der Waals surface area contributed by atoms with E-state index >= 15 is 0 Å². The van der Waals surface area contributed by atoms with Crippen molar-refractivity contribution in [2.24, 2.45) is 7.05 Å². The molecule has 0 radical (unpaired) electrons. The molecule has 2 atom stereocenters. The predicted octanol–water partition coefficient (Wildman–Crippen LogP) is 3.36. The van der Waals surface area contributed by atoms with E-state index in [0.29, 0.717) is 37.9 Å². The Bertz CT molecular complexity index is 1490. The lowest BCUT2D eigenvalue weighted by Gasteiger charge is -2.22. The number of nitrogens with zero attached hydrogens (tertiary/aromatic N) is 7. The van der Waals surface area contributed by atoms with Crippen LogP contribution in [0.4, 0.5) is 11.6 Å². The van der Waals surface area contributed by atoms with E-state index < -0.39 is 12.0 Å². The molecule has 0 aliphatic carbocycles. The van der Waals surface area contributed by atoms with Gasteiger partial charge >= 0.3 is 11.8 Å². The third kappa shape index (κ3) is 6.35. The summed E-state index contributed by atoms with van der Waals surface area (Å²) in [6, 6.07) is 7.72. The van der Waals surface area contributed by atoms with Gasteiger partial charge in [0.2, 0.25) is 11.8 Å². The number of anilines is 2. The minimum atomic E-state index is -0.477. The van der Waals surface area contributed by atoms with Crippen LogP contribution in [0.25, 0.3) is 11.3 Å². The van der Waals surface area contributed by atoms with Crippen LogP contribution in [0.15, 0.2) is 47.3 Å². The van der Waals surface area contributed by atoms with Crippen LogP contribution in [-0.2, 0) is 19.0 Å². The molecule has 0 fully saturated rings. The lowest BCUT2D eigenvalue weighted by atomic mass is 9.96. The maximum atomic E-state index is 13.1. The number of hydrogen-bond donors (Lipinski definition) is 3. The van der Waals surface area contributed by atoms with Crippen LogP contribution in [0.5, 0.6) is 0 Å². The summed E-state index contributed by atoms with van der Waals surface area (Å²) in [6.45, 7) is 9.48. The molecule has 0 bridgehead atoms. The summed E-state index contributed by atoms with van der Waals surface area (Å²) in [5.41, 5.74) is 4.17. The minimum absolute atomic E-state index is 0.0530. The second kappa shape index (κ2) is 11.1. The van der Waals surface area contributed by atoms with Crippen molar-refractivity contribution in [3.05, 3.63) is 65.8 Å². The second-order valence-electron chi connectivity index (χ2n) is 11.3. The first-order valence-corrected chi connectivity index (χ1v) is 13.3. The lowest BCUT2D eigenvalue weighted by molar-refractivity contribution is 0.0889. The van der Waals surface area contributed by atoms with Crippen molar-refractivity contribution < 1.29 is 14.3 Å². The Morgan fingerprint density at radius 1 is 1.25 bits per heavy atom. The molecule has 210 valence electrons. The fourth-order valence-electron chi connectivity index (χ4n) is 4.74. The van der Waals surface area contributed by atoms with Gasteiger partial charge in [0.05, 0.1) is 29.7 Å². The molecule has 5 rings (SSSR count). The molecule has 1 aliphatic rings. The maximum absolute atomic E-state index is 13.1. The summed E-state index contributed by atoms with van der Waals surface area (Å²) in [6.07, 6.45) is 5.46. The van der Waals surface area contributed by atoms with E-state index in [1.807, 2.05) is 52.2 Å². The Morgan fingerprint density at radius 3 is 2.77 bits per heavy atom. The SMILES string of the molecule is CC(O)CN1CCC(NC(=O)c2nnc(C(C)(C)C)o2)c2ccc(-c3ccnc(Nc4cnn(C)c4)n3)cc2C1. The molecule has 3 aromatic heterocycles. The van der Waals surface area contributed by atoms with Crippen molar-refractivity contribution >= 4 is 17.5 Å². The first-order chi connectivity index (χ1) is 19.0. The summed E-state index contributed by atoms with van der Waals surface area (Å²) >= 11 is 0. The molecule has 4 heterocycles. The van der Waals surface area contributed by atoms with Gasteiger partial charge in [-0.3, -0.25) is 14.4 Å². The molecule has 1 amide bonds. The van der Waals surface area contributed by atoms with Crippen molar-refractivity contribution in [2.75, 3.05) is 18.4 Å². The van der Waals surface area contributed by atoms with E-state index in [0.717, 1.165) is 28.1 Å². The van der Waals surface area contributed by atoms with E-state index in [4.69, 9.17) is 9.40 Å². The number of rotatable bonds is 7. The summed E-state index contributed by atoms with van der Waals surface area (Å²) in [4.78, 5) is 24.4. The van der Waals surface area contributed by atoms with Gasteiger partial charge in [0.15, 0.2) is 0 Å². The quantitative estimate of drug-likeness (QED) is 0.316. The van der Waals surface area contributed by atoms with E-state index in [1.54, 1.807) is 24.0 Å². The van der Waals surface area contributed by atoms with Crippen LogP contribution in [0, 0.1) is 0 Å². The van der Waals surface area contributed by atoms with E-state index in [2.05, 4.69) is 41.9 Å². The van der Waals surface area contributed by atoms with Gasteiger partial charge in [0, 0.05) is 50.1 Å². The molecular weight excluding hydrogens is 510 g/mol. The van der Waals surface area contributed by atoms with Gasteiger partial charge in [-0.2, -0.15) is 5.10 Å². The average Bonchev–Trinajstić information content (AvgIpc) is 3.52. The van der Waals surface area contributed by atoms with Crippen molar-refractivity contribution in [1.82, 2.24) is 40.2 Å². The Kier molecular flexibility index (Phi) is 7.63. The number of β-amino-alcohol motifs (C(OH)–C–C–N with tert-alkyl or cyclic N) is 1. The monoisotopic (exact) mass is 545 g/mol. The smallest absolute Gasteiger partial charge is 0.309 e. The van der Waals surface area contributed by atoms with Crippen molar-refractivity contribution in [2.45, 2.75) is 58.2 Å². The molecule has 12 heteroatoms. The van der Waals surface area contributed by atoms with E-state index in [9.17, 15) is 9.90 Å². The Morgan fingerprint density at radius 2 is 2.08 bits per heavy atom. The number of aryl methyl sites for hydroxylation is 1. The highest BCUT2D eigenvalue weighted by molar-refractivity contribution is 5.89. The van der Waals surface area contributed by atoms with Crippen LogP contribution in [0.3, 0.4) is 0 Å². The molecule has 1 aromatic carbocycles. The summed E-state index contributed by atoms with van der Waals surface area (Å²) in [7, 11) is 1.85. The summed E-state index contributed by atoms with van der Waals surface area (Å²) in [5.74, 6) is 0.418. The third-order valence-electron chi connectivity index (χ3n) is 6.65. The van der Waals surface area contributed by atoms with Crippen LogP contribution in [-0.4, -0.2) is 65.1 Å². The first-order valence-electron chi connectivity index (χ1n) is 13.3. The minimum Gasteiger partial charge on any atom is -0.416 e. The molecule has 0 spiro atoms. The van der Waals surface area contributed by atoms with Gasteiger partial charge in [-0.25, -0.2) is 9.97 Å². The molecule has 40 heavy (non-hydrogen) atoms. The number of hydrogen-bond acceptors (Lipinski definition) is 10. The van der Waals surface area contributed by atoms with Crippen LogP contribution < -0.4 is 10.6 Å². The molecule has 0 saturated carbocycles. The largest absolute Gasteiger partial charge is 0.416 e. The highest BCUT2D eigenvalue weighted by atomic mass is 16.4. The first kappa shape index (κ1) is 27.4. The van der Waals surface area contributed by atoms with Crippen molar-refractivity contribution in [3.63, 3.8) is 0 Å². The second-order valence-corrected chi connectivity index (χ2v) is 11.3. The standard InChI is InChI=1S/C28H35N9O3/c1-17(38)14-37-11-9-23(32-24(39)25-34-35-26(40-25)28(2,3)4)21-7-6-18(12-19(21)15-37)22-8-10-29-27(33-22)31-20-13-30-36(5)16-20/h6-8,10,12-13,16-17,23,38H,9,11,14-15H2,1-5H3,(H,32,39)(H,29,31,33). The Balaban J connectivity index is 1.42. The number of aromatic nitrogens is 6. The maximum Gasteiger partial charge on any atom is 0.309 e. The number of amides is 1. The Hall–Kier alpha value is -4.16. The van der Waals surface area contributed by atoms with Gasteiger partial charge < -0.3 is 20.2 Å². The fraction of sp³-hybridized carbons (Fsp3) is 0.429. The lowest BCUT2D eigenvalue weighted by Crippen LogP contribution is -2.32. The summed E-state index contributed by atoms with van der Waals surface area (Å²) < 4.78 is 7.38. The number of carbonyl (C=O) groups is 1. The third-order valence-corrected chi connectivity index (χ3v) is 6.65. The van der Waals surface area contributed by atoms with Crippen molar-refractivity contribution in [1.29, 1.82) is 0 Å². The molecule has 4 aromatic rings. The van der Waals surface area contributed by atoms with Crippen LogP contribution in [0.2, 0.25) is 0 Å². The highest BCUT2D eigenvalue weighted by Gasteiger charge is 2.28.